The van der Waals surface area contributed by atoms with Crippen molar-refractivity contribution in [1.82, 2.24) is 4.98 Å². The van der Waals surface area contributed by atoms with Gasteiger partial charge in [-0.05, 0) is 30.5 Å². The van der Waals surface area contributed by atoms with Crippen LogP contribution in [-0.2, 0) is 4.79 Å². The summed E-state index contributed by atoms with van der Waals surface area (Å²) in [6, 6.07) is 10.1. The number of carboxylic acids is 1. The van der Waals surface area contributed by atoms with E-state index >= 15 is 0 Å². The van der Waals surface area contributed by atoms with Crippen LogP contribution in [0.1, 0.15) is 12.5 Å². The Kier molecular flexibility index (Phi) is 3.08. The third kappa shape index (κ3) is 2.11. The molecule has 4 heteroatoms. The van der Waals surface area contributed by atoms with E-state index in [0.29, 0.717) is 6.54 Å². The summed E-state index contributed by atoms with van der Waals surface area (Å²) >= 11 is 0. The fourth-order valence-electron chi connectivity index (χ4n) is 2.99. The number of aliphatic carboxylic acids is 1. The summed E-state index contributed by atoms with van der Waals surface area (Å²) in [5.74, 6) is 0.0561. The number of hydrogen-bond donors (Lipinski definition) is 1. The quantitative estimate of drug-likeness (QED) is 0.911. The van der Waals surface area contributed by atoms with Gasteiger partial charge in [-0.2, -0.15) is 0 Å². The maximum absolute atomic E-state index is 11.2. The molecule has 1 aromatic heterocycles. The predicted octanol–water partition coefficient (Wildman–Crippen LogP) is 2.70. The van der Waals surface area contributed by atoms with E-state index in [0.717, 1.165) is 28.8 Å². The van der Waals surface area contributed by atoms with Crippen LogP contribution in [0.5, 0.6) is 0 Å². The molecule has 1 aliphatic heterocycles. The van der Waals surface area contributed by atoms with Crippen LogP contribution in [0.25, 0.3) is 10.9 Å². The number of pyridine rings is 1. The van der Waals surface area contributed by atoms with Crippen molar-refractivity contribution in [3.63, 3.8) is 0 Å². The zero-order valence-corrected chi connectivity index (χ0v) is 11.7. The molecule has 0 amide bonds. The van der Waals surface area contributed by atoms with E-state index in [9.17, 15) is 9.90 Å². The Balaban J connectivity index is 1.98. The lowest BCUT2D eigenvalue weighted by Crippen LogP contribution is -2.24. The Hall–Kier alpha value is -2.10. The summed E-state index contributed by atoms with van der Waals surface area (Å²) in [6.45, 7) is 5.33. The van der Waals surface area contributed by atoms with E-state index < -0.39 is 5.97 Å². The van der Waals surface area contributed by atoms with E-state index in [1.165, 1.54) is 0 Å². The molecule has 2 atom stereocenters. The number of aryl methyl sites for hydroxylation is 1. The Bertz CT molecular complexity index is 669. The summed E-state index contributed by atoms with van der Waals surface area (Å²) in [4.78, 5) is 18.1. The summed E-state index contributed by atoms with van der Waals surface area (Å²) < 4.78 is 0. The van der Waals surface area contributed by atoms with Crippen LogP contribution in [-0.4, -0.2) is 29.1 Å². The molecule has 2 heterocycles. The minimum Gasteiger partial charge on any atom is -0.481 e. The molecule has 104 valence electrons. The van der Waals surface area contributed by atoms with E-state index in [4.69, 9.17) is 4.98 Å². The predicted molar refractivity (Wildman–Crippen MR) is 79.0 cm³/mol. The molecule has 1 aliphatic rings. The first-order chi connectivity index (χ1) is 9.56. The second-order valence-electron chi connectivity index (χ2n) is 5.65. The second kappa shape index (κ2) is 4.78. The molecule has 0 radical (unpaired) electrons. The molecule has 2 unspecified atom stereocenters. The number of benzene rings is 1. The number of carbonyl (C=O) groups is 1. The number of fused-ring (bicyclic) bond motifs is 1. The maximum atomic E-state index is 11.2. The lowest BCUT2D eigenvalue weighted by atomic mass is 9.99. The first kappa shape index (κ1) is 12.9. The lowest BCUT2D eigenvalue weighted by Gasteiger charge is -2.20. The SMILES string of the molecule is Cc1cc2ccccc2nc1N1CC(C)C(C(=O)O)C1. The van der Waals surface area contributed by atoms with Gasteiger partial charge in [0.15, 0.2) is 0 Å². The molecule has 3 rings (SSSR count). The van der Waals surface area contributed by atoms with Crippen LogP contribution in [0.15, 0.2) is 30.3 Å². The first-order valence-electron chi connectivity index (χ1n) is 6.90. The molecular formula is C16H18N2O2. The van der Waals surface area contributed by atoms with Crippen LogP contribution in [0.3, 0.4) is 0 Å². The Morgan fingerprint density at radius 1 is 1.35 bits per heavy atom. The van der Waals surface area contributed by atoms with Gasteiger partial charge in [-0.15, -0.1) is 0 Å². The Labute approximate surface area is 118 Å². The average Bonchev–Trinajstić information content (AvgIpc) is 2.80. The van der Waals surface area contributed by atoms with Crippen LogP contribution in [0.2, 0.25) is 0 Å². The monoisotopic (exact) mass is 270 g/mol. The maximum Gasteiger partial charge on any atom is 0.308 e. The Morgan fingerprint density at radius 2 is 2.10 bits per heavy atom. The smallest absolute Gasteiger partial charge is 0.308 e. The third-order valence-corrected chi connectivity index (χ3v) is 4.12. The Morgan fingerprint density at radius 3 is 2.80 bits per heavy atom. The molecule has 0 bridgehead atoms. The van der Waals surface area contributed by atoms with Gasteiger partial charge >= 0.3 is 5.97 Å². The summed E-state index contributed by atoms with van der Waals surface area (Å²) in [5, 5.41) is 10.4. The summed E-state index contributed by atoms with van der Waals surface area (Å²) in [7, 11) is 0. The van der Waals surface area contributed by atoms with Gasteiger partial charge in [0.2, 0.25) is 0 Å². The number of anilines is 1. The zero-order valence-electron chi connectivity index (χ0n) is 11.7. The van der Waals surface area contributed by atoms with E-state index in [1.807, 2.05) is 38.1 Å². The lowest BCUT2D eigenvalue weighted by molar-refractivity contribution is -0.142. The molecule has 4 nitrogen and oxygen atoms in total. The van der Waals surface area contributed by atoms with Gasteiger partial charge in [-0.3, -0.25) is 4.79 Å². The molecule has 20 heavy (non-hydrogen) atoms. The number of para-hydroxylation sites is 1. The van der Waals surface area contributed by atoms with E-state index in [1.54, 1.807) is 0 Å². The van der Waals surface area contributed by atoms with Gasteiger partial charge in [-0.1, -0.05) is 25.1 Å². The second-order valence-corrected chi connectivity index (χ2v) is 5.65. The molecule has 1 aromatic carbocycles. The van der Waals surface area contributed by atoms with Crippen LogP contribution >= 0.6 is 0 Å². The van der Waals surface area contributed by atoms with Crippen molar-refractivity contribution in [1.29, 1.82) is 0 Å². The molecular weight excluding hydrogens is 252 g/mol. The number of nitrogens with zero attached hydrogens (tertiary/aromatic N) is 2. The first-order valence-corrected chi connectivity index (χ1v) is 6.90. The van der Waals surface area contributed by atoms with Crippen molar-refractivity contribution >= 4 is 22.7 Å². The third-order valence-electron chi connectivity index (χ3n) is 4.12. The van der Waals surface area contributed by atoms with Crippen molar-refractivity contribution in [2.75, 3.05) is 18.0 Å². The highest BCUT2D eigenvalue weighted by Crippen LogP contribution is 2.30. The van der Waals surface area contributed by atoms with Gasteiger partial charge in [0.25, 0.3) is 0 Å². The van der Waals surface area contributed by atoms with Gasteiger partial charge < -0.3 is 10.0 Å². The zero-order chi connectivity index (χ0) is 14.3. The van der Waals surface area contributed by atoms with E-state index in [-0.39, 0.29) is 11.8 Å². The molecule has 0 spiro atoms. The fraction of sp³-hybridized carbons (Fsp3) is 0.375. The van der Waals surface area contributed by atoms with Crippen molar-refractivity contribution in [3.8, 4) is 0 Å². The van der Waals surface area contributed by atoms with Crippen LogP contribution in [0, 0.1) is 18.8 Å². The normalized spacial score (nSPS) is 22.4. The number of aromatic nitrogens is 1. The highest BCUT2D eigenvalue weighted by Gasteiger charge is 2.35. The number of rotatable bonds is 2. The fourth-order valence-corrected chi connectivity index (χ4v) is 2.99. The van der Waals surface area contributed by atoms with Crippen molar-refractivity contribution in [2.45, 2.75) is 13.8 Å². The molecule has 1 fully saturated rings. The molecule has 0 saturated carbocycles. The van der Waals surface area contributed by atoms with Crippen LogP contribution in [0.4, 0.5) is 5.82 Å². The van der Waals surface area contributed by atoms with E-state index in [2.05, 4.69) is 11.0 Å². The van der Waals surface area contributed by atoms with Gasteiger partial charge in [0.1, 0.15) is 5.82 Å². The summed E-state index contributed by atoms with van der Waals surface area (Å²) in [5.41, 5.74) is 2.06. The molecule has 1 saturated heterocycles. The highest BCUT2D eigenvalue weighted by atomic mass is 16.4. The van der Waals surface area contributed by atoms with Crippen molar-refractivity contribution in [2.24, 2.45) is 11.8 Å². The average molecular weight is 270 g/mol. The molecule has 2 aromatic rings. The molecule has 0 aliphatic carbocycles. The van der Waals surface area contributed by atoms with Crippen LogP contribution < -0.4 is 4.90 Å². The van der Waals surface area contributed by atoms with Gasteiger partial charge in [0.05, 0.1) is 11.4 Å². The van der Waals surface area contributed by atoms with Crippen molar-refractivity contribution < 1.29 is 9.90 Å². The number of hydrogen-bond acceptors (Lipinski definition) is 3. The van der Waals surface area contributed by atoms with Gasteiger partial charge in [0, 0.05) is 18.5 Å². The van der Waals surface area contributed by atoms with Gasteiger partial charge in [-0.25, -0.2) is 4.98 Å². The minimum absolute atomic E-state index is 0.153. The highest BCUT2D eigenvalue weighted by molar-refractivity contribution is 5.82. The van der Waals surface area contributed by atoms with Crippen molar-refractivity contribution in [3.05, 3.63) is 35.9 Å². The minimum atomic E-state index is -0.710. The topological polar surface area (TPSA) is 53.4 Å². The standard InChI is InChI=1S/C16H18N2O2/c1-10-7-12-5-3-4-6-14(12)17-15(10)18-8-11(2)13(9-18)16(19)20/h3-7,11,13H,8-9H2,1-2H3,(H,19,20). The number of carboxylic acid groups (broad SMARTS) is 1. The summed E-state index contributed by atoms with van der Waals surface area (Å²) in [6.07, 6.45) is 0. The molecule has 1 N–H and O–H groups in total. The largest absolute Gasteiger partial charge is 0.481 e.